The third kappa shape index (κ3) is 1.84. The van der Waals surface area contributed by atoms with Crippen molar-refractivity contribution in [2.24, 2.45) is 0 Å². The van der Waals surface area contributed by atoms with Crippen LogP contribution in [0.25, 0.3) is 11.3 Å². The summed E-state index contributed by atoms with van der Waals surface area (Å²) in [5.74, 6) is 0. The van der Waals surface area contributed by atoms with Crippen molar-refractivity contribution in [2.75, 3.05) is 0 Å². The molecule has 1 aromatic heterocycles. The number of benzene rings is 1. The van der Waals surface area contributed by atoms with E-state index in [-0.39, 0.29) is 0 Å². The molecule has 0 N–H and O–H groups in total. The molecule has 0 aliphatic carbocycles. The first-order chi connectivity index (χ1) is 6.36. The minimum Gasteiger partial charge on any atom is -0.260 e. The van der Waals surface area contributed by atoms with Gasteiger partial charge in [0.15, 0.2) is 0 Å². The van der Waals surface area contributed by atoms with E-state index in [0.717, 1.165) is 11.3 Å². The van der Waals surface area contributed by atoms with Gasteiger partial charge in [0.25, 0.3) is 0 Å². The Kier molecular flexibility index (Phi) is 2.23. The van der Waals surface area contributed by atoms with Crippen LogP contribution in [0.2, 0.25) is 5.02 Å². The van der Waals surface area contributed by atoms with Crippen LogP contribution in [0.5, 0.6) is 0 Å². The van der Waals surface area contributed by atoms with Gasteiger partial charge < -0.3 is 0 Å². The second kappa shape index (κ2) is 3.54. The molecular weight excluding hydrogens is 184 g/mol. The lowest BCUT2D eigenvalue weighted by Crippen LogP contribution is -1.83. The predicted octanol–water partition coefficient (Wildman–Crippen LogP) is 2.60. The van der Waals surface area contributed by atoms with Crippen LogP contribution in [0.1, 0.15) is 0 Å². The zero-order valence-electron chi connectivity index (χ0n) is 6.74. The van der Waals surface area contributed by atoms with Gasteiger partial charge >= 0.3 is 0 Å². The van der Waals surface area contributed by atoms with E-state index in [9.17, 15) is 0 Å². The van der Waals surface area contributed by atoms with Crippen LogP contribution in [-0.2, 0) is 0 Å². The number of hydrogen-bond acceptors (Lipinski definition) is 2. The quantitative estimate of drug-likeness (QED) is 0.689. The molecule has 0 saturated carbocycles. The summed E-state index contributed by atoms with van der Waals surface area (Å²) in [5.41, 5.74) is 1.74. The van der Waals surface area contributed by atoms with Crippen molar-refractivity contribution in [2.45, 2.75) is 0 Å². The van der Waals surface area contributed by atoms with Gasteiger partial charge in [-0.15, -0.1) is 0 Å². The van der Waals surface area contributed by atoms with E-state index in [1.165, 1.54) is 6.20 Å². The third-order valence-corrected chi connectivity index (χ3v) is 1.87. The van der Waals surface area contributed by atoms with Crippen molar-refractivity contribution >= 4 is 11.6 Å². The van der Waals surface area contributed by atoms with Crippen molar-refractivity contribution in [3.8, 4) is 11.3 Å². The molecule has 0 bridgehead atoms. The lowest BCUT2D eigenvalue weighted by Gasteiger charge is -1.98. The van der Waals surface area contributed by atoms with E-state index in [0.29, 0.717) is 5.02 Å². The molecule has 0 fully saturated rings. The molecule has 1 heterocycles. The van der Waals surface area contributed by atoms with Crippen LogP contribution < -0.4 is 0 Å². The maximum absolute atomic E-state index is 5.84. The highest BCUT2D eigenvalue weighted by Gasteiger charge is 1.98. The maximum Gasteiger partial charge on any atom is 0.109 e. The Labute approximate surface area is 81.2 Å². The first-order valence-corrected chi connectivity index (χ1v) is 4.18. The number of aromatic nitrogens is 2. The predicted molar refractivity (Wildman–Crippen MR) is 51.3 cm³/mol. The Hall–Kier alpha value is -1.41. The van der Waals surface area contributed by atoms with Gasteiger partial charge in [-0.3, -0.25) is 4.98 Å². The molecule has 63 valence electrons. The molecule has 1 aromatic carbocycles. The Morgan fingerprint density at radius 3 is 2.92 bits per heavy atom. The second-order valence-corrected chi connectivity index (χ2v) is 2.98. The zero-order chi connectivity index (χ0) is 9.10. The van der Waals surface area contributed by atoms with E-state index >= 15 is 0 Å². The average molecular weight is 190 g/mol. The molecule has 0 spiro atoms. The summed E-state index contributed by atoms with van der Waals surface area (Å²) >= 11 is 5.84. The lowest BCUT2D eigenvalue weighted by atomic mass is 10.2. The van der Waals surface area contributed by atoms with Crippen LogP contribution in [0.4, 0.5) is 0 Å². The van der Waals surface area contributed by atoms with Crippen LogP contribution in [0.3, 0.4) is 0 Å². The van der Waals surface area contributed by atoms with E-state index in [2.05, 4.69) is 16.2 Å². The normalized spacial score (nSPS) is 9.92. The monoisotopic (exact) mass is 189 g/mol. The number of nitrogens with zero attached hydrogens (tertiary/aromatic N) is 2. The van der Waals surface area contributed by atoms with E-state index in [1.807, 2.05) is 24.3 Å². The van der Waals surface area contributed by atoms with Crippen LogP contribution >= 0.6 is 11.6 Å². The van der Waals surface area contributed by atoms with Crippen molar-refractivity contribution in [1.82, 2.24) is 9.97 Å². The number of hydrogen-bond donors (Lipinski definition) is 0. The fourth-order valence-electron chi connectivity index (χ4n) is 1.06. The molecule has 3 heteroatoms. The molecule has 0 amide bonds. The Balaban J connectivity index is 2.48. The second-order valence-electron chi connectivity index (χ2n) is 2.54. The van der Waals surface area contributed by atoms with Crippen LogP contribution in [0, 0.1) is 6.20 Å². The highest BCUT2D eigenvalue weighted by molar-refractivity contribution is 6.30. The molecule has 13 heavy (non-hydrogen) atoms. The first-order valence-electron chi connectivity index (χ1n) is 3.80. The zero-order valence-corrected chi connectivity index (χ0v) is 7.49. The standard InChI is InChI=1S/C10H6ClN2/c11-9-3-1-2-8(6-9)10-7-12-4-5-13-10/h1-4,6-7H. The summed E-state index contributed by atoms with van der Waals surface area (Å²) in [6.07, 6.45) is 5.88. The van der Waals surface area contributed by atoms with E-state index in [4.69, 9.17) is 11.6 Å². The molecule has 2 aromatic rings. The Morgan fingerprint density at radius 1 is 1.31 bits per heavy atom. The van der Waals surface area contributed by atoms with Crippen molar-refractivity contribution in [3.05, 3.63) is 47.9 Å². The minimum absolute atomic E-state index is 0.697. The maximum atomic E-state index is 5.84. The highest BCUT2D eigenvalue weighted by atomic mass is 35.5. The number of halogens is 1. The summed E-state index contributed by atoms with van der Waals surface area (Å²) in [5, 5.41) is 0.697. The van der Waals surface area contributed by atoms with Gasteiger partial charge in [-0.1, -0.05) is 23.7 Å². The number of rotatable bonds is 1. The summed E-state index contributed by atoms with van der Waals surface area (Å²) < 4.78 is 0. The van der Waals surface area contributed by atoms with Gasteiger partial charge in [0.05, 0.1) is 18.1 Å². The van der Waals surface area contributed by atoms with Gasteiger partial charge in [0.2, 0.25) is 0 Å². The molecule has 2 rings (SSSR count). The summed E-state index contributed by atoms with van der Waals surface area (Å²) in [4.78, 5) is 7.97. The summed E-state index contributed by atoms with van der Waals surface area (Å²) in [6, 6.07) is 7.49. The minimum atomic E-state index is 0.697. The Bertz CT molecular complexity index is 401. The largest absolute Gasteiger partial charge is 0.260 e. The van der Waals surface area contributed by atoms with Crippen molar-refractivity contribution < 1.29 is 0 Å². The molecule has 2 nitrogen and oxygen atoms in total. The average Bonchev–Trinajstić information content (AvgIpc) is 2.19. The van der Waals surface area contributed by atoms with Gasteiger partial charge in [0, 0.05) is 10.6 Å². The first kappa shape index (κ1) is 8.20. The van der Waals surface area contributed by atoms with E-state index < -0.39 is 0 Å². The lowest BCUT2D eigenvalue weighted by molar-refractivity contribution is 1.19. The molecule has 1 radical (unpaired) electrons. The highest BCUT2D eigenvalue weighted by Crippen LogP contribution is 2.19. The molecule has 0 atom stereocenters. The molecular formula is C10H6ClN2. The topological polar surface area (TPSA) is 25.8 Å². The fraction of sp³-hybridized carbons (Fsp3) is 0. The molecule has 0 aliphatic rings. The van der Waals surface area contributed by atoms with Gasteiger partial charge in [0.1, 0.15) is 6.20 Å². The van der Waals surface area contributed by atoms with Crippen molar-refractivity contribution in [3.63, 3.8) is 0 Å². The molecule has 0 aliphatic heterocycles. The smallest absolute Gasteiger partial charge is 0.109 e. The Morgan fingerprint density at radius 2 is 2.23 bits per heavy atom. The van der Waals surface area contributed by atoms with Crippen molar-refractivity contribution in [1.29, 1.82) is 0 Å². The van der Waals surface area contributed by atoms with Gasteiger partial charge in [-0.05, 0) is 12.1 Å². The SMILES string of the molecule is Clc1cccc(-c2cnc[c]n2)c1. The molecule has 0 saturated heterocycles. The van der Waals surface area contributed by atoms with Gasteiger partial charge in [-0.25, -0.2) is 4.98 Å². The van der Waals surface area contributed by atoms with E-state index in [1.54, 1.807) is 6.20 Å². The fourth-order valence-corrected chi connectivity index (χ4v) is 1.25. The van der Waals surface area contributed by atoms with Crippen LogP contribution in [-0.4, -0.2) is 9.97 Å². The molecule has 0 unspecified atom stereocenters. The summed E-state index contributed by atoms with van der Waals surface area (Å²) in [6.45, 7) is 0. The van der Waals surface area contributed by atoms with Gasteiger partial charge in [-0.2, -0.15) is 0 Å². The summed E-state index contributed by atoms with van der Waals surface area (Å²) in [7, 11) is 0. The third-order valence-electron chi connectivity index (χ3n) is 1.63. The van der Waals surface area contributed by atoms with Crippen LogP contribution in [0.15, 0.2) is 36.7 Å².